The highest BCUT2D eigenvalue weighted by Gasteiger charge is 1.94. The zero-order chi connectivity index (χ0) is 10.4. The molecule has 1 rings (SSSR count). The van der Waals surface area contributed by atoms with Gasteiger partial charge in [-0.3, -0.25) is 5.41 Å². The molecule has 14 heavy (non-hydrogen) atoms. The summed E-state index contributed by atoms with van der Waals surface area (Å²) in [4.78, 5) is 0. The number of nitrogens with two attached hydrogens (primary N) is 1. The summed E-state index contributed by atoms with van der Waals surface area (Å²) in [5, 5.41) is 13.0. The van der Waals surface area contributed by atoms with Crippen molar-refractivity contribution in [2.75, 3.05) is 11.9 Å². The van der Waals surface area contributed by atoms with Crippen LogP contribution in [0.3, 0.4) is 0 Å². The van der Waals surface area contributed by atoms with Gasteiger partial charge in [0.15, 0.2) is 5.96 Å². The molecule has 0 aromatic heterocycles. The first-order valence-electron chi connectivity index (χ1n) is 4.63. The van der Waals surface area contributed by atoms with Crippen LogP contribution >= 0.6 is 0 Å². The largest absolute Gasteiger partial charge is 0.385 e. The first-order chi connectivity index (χ1) is 6.72. The lowest BCUT2D eigenvalue weighted by Crippen LogP contribution is -2.29. The van der Waals surface area contributed by atoms with E-state index in [2.05, 4.69) is 17.6 Å². The highest BCUT2D eigenvalue weighted by molar-refractivity contribution is 5.74. The second-order valence-corrected chi connectivity index (χ2v) is 3.00. The second kappa shape index (κ2) is 5.11. The SMILES string of the molecule is CCNc1cccc(CNC(=N)N)c1. The van der Waals surface area contributed by atoms with E-state index in [-0.39, 0.29) is 5.96 Å². The van der Waals surface area contributed by atoms with Gasteiger partial charge in [0.05, 0.1) is 0 Å². The number of anilines is 1. The first-order valence-corrected chi connectivity index (χ1v) is 4.63. The maximum atomic E-state index is 7.03. The Morgan fingerprint density at radius 1 is 1.50 bits per heavy atom. The number of hydrogen-bond donors (Lipinski definition) is 4. The number of rotatable bonds is 4. The first kappa shape index (κ1) is 10.4. The molecule has 0 atom stereocenters. The van der Waals surface area contributed by atoms with Crippen LogP contribution in [0.2, 0.25) is 0 Å². The summed E-state index contributed by atoms with van der Waals surface area (Å²) in [7, 11) is 0. The van der Waals surface area contributed by atoms with Crippen molar-refractivity contribution in [3.05, 3.63) is 29.8 Å². The minimum absolute atomic E-state index is 0.00106. The second-order valence-electron chi connectivity index (χ2n) is 3.00. The van der Waals surface area contributed by atoms with Gasteiger partial charge in [0.25, 0.3) is 0 Å². The van der Waals surface area contributed by atoms with E-state index >= 15 is 0 Å². The van der Waals surface area contributed by atoms with Gasteiger partial charge in [-0.1, -0.05) is 12.1 Å². The third-order valence-corrected chi connectivity index (χ3v) is 1.79. The molecule has 0 amide bonds. The van der Waals surface area contributed by atoms with Crippen molar-refractivity contribution in [3.63, 3.8) is 0 Å². The van der Waals surface area contributed by atoms with Crippen LogP contribution in [0, 0.1) is 5.41 Å². The molecule has 0 aliphatic carbocycles. The summed E-state index contributed by atoms with van der Waals surface area (Å²) < 4.78 is 0. The van der Waals surface area contributed by atoms with E-state index in [1.54, 1.807) is 0 Å². The van der Waals surface area contributed by atoms with Gasteiger partial charge in [-0.25, -0.2) is 0 Å². The maximum Gasteiger partial charge on any atom is 0.185 e. The fraction of sp³-hybridized carbons (Fsp3) is 0.300. The van der Waals surface area contributed by atoms with Crippen LogP contribution in [-0.2, 0) is 6.54 Å². The predicted octanol–water partition coefficient (Wildman–Crippen LogP) is 1.10. The molecule has 0 aliphatic heterocycles. The highest BCUT2D eigenvalue weighted by Crippen LogP contribution is 2.09. The molecule has 0 spiro atoms. The summed E-state index contributed by atoms with van der Waals surface area (Å²) in [6.45, 7) is 3.55. The van der Waals surface area contributed by atoms with Gasteiger partial charge in [-0.05, 0) is 24.6 Å². The molecular weight excluding hydrogens is 176 g/mol. The van der Waals surface area contributed by atoms with Crippen LogP contribution < -0.4 is 16.4 Å². The van der Waals surface area contributed by atoms with Crippen molar-refractivity contribution >= 4 is 11.6 Å². The Labute approximate surface area is 84.0 Å². The van der Waals surface area contributed by atoms with Crippen LogP contribution in [0.4, 0.5) is 5.69 Å². The minimum Gasteiger partial charge on any atom is -0.385 e. The maximum absolute atomic E-state index is 7.03. The number of guanidine groups is 1. The molecule has 0 radical (unpaired) electrons. The van der Waals surface area contributed by atoms with Crippen LogP contribution in [0.5, 0.6) is 0 Å². The Bertz CT molecular complexity index is 309. The number of nitrogens with one attached hydrogen (secondary N) is 3. The monoisotopic (exact) mass is 192 g/mol. The molecule has 5 N–H and O–H groups in total. The molecule has 0 bridgehead atoms. The van der Waals surface area contributed by atoms with Gasteiger partial charge in [0.2, 0.25) is 0 Å². The molecule has 4 heteroatoms. The van der Waals surface area contributed by atoms with Crippen LogP contribution in [0.15, 0.2) is 24.3 Å². The molecular formula is C10H16N4. The van der Waals surface area contributed by atoms with Gasteiger partial charge in [0.1, 0.15) is 0 Å². The topological polar surface area (TPSA) is 73.9 Å². The van der Waals surface area contributed by atoms with Crippen LogP contribution in [0.25, 0.3) is 0 Å². The molecule has 0 saturated carbocycles. The van der Waals surface area contributed by atoms with E-state index in [1.807, 2.05) is 24.3 Å². The summed E-state index contributed by atoms with van der Waals surface area (Å²) in [5.74, 6) is -0.00106. The van der Waals surface area contributed by atoms with Crippen molar-refractivity contribution in [2.45, 2.75) is 13.5 Å². The zero-order valence-electron chi connectivity index (χ0n) is 8.30. The third-order valence-electron chi connectivity index (χ3n) is 1.79. The lowest BCUT2D eigenvalue weighted by atomic mass is 10.2. The Balaban J connectivity index is 2.58. The molecule has 0 heterocycles. The van der Waals surface area contributed by atoms with Gasteiger partial charge < -0.3 is 16.4 Å². The van der Waals surface area contributed by atoms with E-state index < -0.39 is 0 Å². The van der Waals surface area contributed by atoms with E-state index in [0.717, 1.165) is 17.8 Å². The predicted molar refractivity (Wildman–Crippen MR) is 59.4 cm³/mol. The summed E-state index contributed by atoms with van der Waals surface area (Å²) in [6, 6.07) is 8.03. The van der Waals surface area contributed by atoms with Gasteiger partial charge in [0, 0.05) is 18.8 Å². The molecule has 0 unspecified atom stereocenters. The van der Waals surface area contributed by atoms with Gasteiger partial charge >= 0.3 is 0 Å². The lowest BCUT2D eigenvalue weighted by molar-refractivity contribution is 0.896. The third kappa shape index (κ3) is 3.35. The van der Waals surface area contributed by atoms with Crippen molar-refractivity contribution in [2.24, 2.45) is 5.73 Å². The van der Waals surface area contributed by atoms with Crippen molar-refractivity contribution < 1.29 is 0 Å². The quantitative estimate of drug-likeness (QED) is 0.426. The Kier molecular flexibility index (Phi) is 3.79. The average molecular weight is 192 g/mol. The zero-order valence-corrected chi connectivity index (χ0v) is 8.30. The standard InChI is InChI=1S/C10H16N4/c1-2-13-9-5-3-4-8(6-9)7-14-10(11)12/h3-6,13H,2,7H2,1H3,(H4,11,12,14). The Hall–Kier alpha value is -1.71. The number of hydrogen-bond acceptors (Lipinski definition) is 2. The molecule has 76 valence electrons. The van der Waals surface area contributed by atoms with E-state index in [9.17, 15) is 0 Å². The molecule has 1 aromatic rings. The molecule has 0 aliphatic rings. The van der Waals surface area contributed by atoms with Gasteiger partial charge in [-0.15, -0.1) is 0 Å². The molecule has 1 aromatic carbocycles. The molecule has 0 saturated heterocycles. The van der Waals surface area contributed by atoms with Crippen molar-refractivity contribution in [1.82, 2.24) is 5.32 Å². The fourth-order valence-corrected chi connectivity index (χ4v) is 1.19. The summed E-state index contributed by atoms with van der Waals surface area (Å²) in [5.41, 5.74) is 7.40. The fourth-order valence-electron chi connectivity index (χ4n) is 1.19. The van der Waals surface area contributed by atoms with E-state index in [1.165, 1.54) is 0 Å². The normalized spacial score (nSPS) is 9.50. The van der Waals surface area contributed by atoms with Crippen molar-refractivity contribution in [1.29, 1.82) is 5.41 Å². The van der Waals surface area contributed by atoms with Crippen LogP contribution in [-0.4, -0.2) is 12.5 Å². The highest BCUT2D eigenvalue weighted by atomic mass is 15.0. The lowest BCUT2D eigenvalue weighted by Gasteiger charge is -2.07. The Morgan fingerprint density at radius 3 is 2.93 bits per heavy atom. The summed E-state index contributed by atoms with van der Waals surface area (Å²) in [6.07, 6.45) is 0. The number of benzene rings is 1. The molecule has 0 fully saturated rings. The smallest absolute Gasteiger partial charge is 0.185 e. The minimum atomic E-state index is -0.00106. The summed E-state index contributed by atoms with van der Waals surface area (Å²) >= 11 is 0. The van der Waals surface area contributed by atoms with E-state index in [0.29, 0.717) is 6.54 Å². The molecule has 4 nitrogen and oxygen atoms in total. The van der Waals surface area contributed by atoms with Crippen LogP contribution in [0.1, 0.15) is 12.5 Å². The van der Waals surface area contributed by atoms with Crippen molar-refractivity contribution in [3.8, 4) is 0 Å². The van der Waals surface area contributed by atoms with E-state index in [4.69, 9.17) is 11.1 Å². The van der Waals surface area contributed by atoms with Gasteiger partial charge in [-0.2, -0.15) is 0 Å². The average Bonchev–Trinajstić information content (AvgIpc) is 2.16. The Morgan fingerprint density at radius 2 is 2.29 bits per heavy atom.